The number of nitrogen functional groups attached to an aromatic ring is 1. The van der Waals surface area contributed by atoms with Crippen LogP contribution >= 0.6 is 12.6 Å². The van der Waals surface area contributed by atoms with Gasteiger partial charge >= 0.3 is 0 Å². The van der Waals surface area contributed by atoms with Gasteiger partial charge in [-0.25, -0.2) is 0 Å². The van der Waals surface area contributed by atoms with Crippen molar-refractivity contribution in [3.05, 3.63) is 29.8 Å². The Hall–Kier alpha value is -1.05. The van der Waals surface area contributed by atoms with Crippen LogP contribution in [0, 0.1) is 0 Å². The van der Waals surface area contributed by atoms with Crippen LogP contribution < -0.4 is 5.73 Å². The summed E-state index contributed by atoms with van der Waals surface area (Å²) in [6, 6.07) is 5.57. The van der Waals surface area contributed by atoms with Crippen LogP contribution in [0.1, 0.15) is 10.8 Å². The molecule has 5 nitrogen and oxygen atoms in total. The zero-order chi connectivity index (χ0) is 11.6. The van der Waals surface area contributed by atoms with E-state index in [4.69, 9.17) is 10.3 Å². The highest BCUT2D eigenvalue weighted by atomic mass is 32.2. The van der Waals surface area contributed by atoms with Crippen LogP contribution in [0.25, 0.3) is 0 Å². The average Bonchev–Trinajstić information content (AvgIpc) is 2.05. The van der Waals surface area contributed by atoms with Crippen molar-refractivity contribution in [2.75, 3.05) is 5.73 Å². The zero-order valence-electron chi connectivity index (χ0n) is 7.49. The first-order valence-corrected chi connectivity index (χ1v) is 5.82. The summed E-state index contributed by atoms with van der Waals surface area (Å²) < 4.78 is 30.7. The summed E-state index contributed by atoms with van der Waals surface area (Å²) in [5.41, 5.74) is 5.96. The van der Waals surface area contributed by atoms with Crippen LogP contribution in [0.3, 0.4) is 0 Å². The minimum absolute atomic E-state index is 0.131. The fourth-order valence-corrected chi connectivity index (χ4v) is 2.42. The molecule has 1 unspecified atom stereocenters. The first-order chi connectivity index (χ1) is 6.82. The van der Waals surface area contributed by atoms with Gasteiger partial charge in [0.15, 0.2) is 5.25 Å². The Labute approximate surface area is 92.4 Å². The van der Waals surface area contributed by atoms with E-state index in [-0.39, 0.29) is 5.56 Å². The molecule has 0 spiro atoms. The Morgan fingerprint density at radius 2 is 1.80 bits per heavy atom. The summed E-state index contributed by atoms with van der Waals surface area (Å²) in [6.07, 6.45) is 0. The van der Waals surface area contributed by atoms with E-state index in [2.05, 4.69) is 12.6 Å². The standard InChI is InChI=1S/C8H9NO4S2/c9-6-3-1-5(2-4-6)7(8(10)14)15(11,12)13/h1-4,7H,9H2,(H,10,14)(H,11,12,13). The van der Waals surface area contributed by atoms with Crippen molar-refractivity contribution in [2.24, 2.45) is 0 Å². The molecule has 0 aliphatic heterocycles. The maximum Gasteiger partial charge on any atom is 0.280 e. The number of benzene rings is 1. The average molecular weight is 247 g/mol. The van der Waals surface area contributed by atoms with Crippen molar-refractivity contribution in [1.82, 2.24) is 0 Å². The number of carbonyl (C=O) groups excluding carboxylic acids is 1. The summed E-state index contributed by atoms with van der Waals surface area (Å²) >= 11 is 3.41. The molecule has 0 aliphatic carbocycles. The molecular formula is C8H9NO4S2. The highest BCUT2D eigenvalue weighted by molar-refractivity contribution is 7.99. The van der Waals surface area contributed by atoms with Gasteiger partial charge < -0.3 is 5.73 Å². The predicted molar refractivity (Wildman–Crippen MR) is 59.1 cm³/mol. The van der Waals surface area contributed by atoms with E-state index in [1.165, 1.54) is 24.3 Å². The van der Waals surface area contributed by atoms with Gasteiger partial charge in [-0.3, -0.25) is 9.35 Å². The lowest BCUT2D eigenvalue weighted by atomic mass is 10.1. The second kappa shape index (κ2) is 4.21. The van der Waals surface area contributed by atoms with E-state index >= 15 is 0 Å². The molecule has 82 valence electrons. The van der Waals surface area contributed by atoms with Gasteiger partial charge in [0, 0.05) is 5.69 Å². The van der Waals surface area contributed by atoms with Gasteiger partial charge in [0.05, 0.1) is 0 Å². The van der Waals surface area contributed by atoms with Gasteiger partial charge in [-0.2, -0.15) is 8.42 Å². The fourth-order valence-electron chi connectivity index (χ4n) is 1.11. The van der Waals surface area contributed by atoms with Gasteiger partial charge in [0.1, 0.15) is 0 Å². The predicted octanol–water partition coefficient (Wildman–Crippen LogP) is 0.654. The Bertz CT molecular complexity index is 466. The van der Waals surface area contributed by atoms with Crippen molar-refractivity contribution < 1.29 is 17.8 Å². The van der Waals surface area contributed by atoms with E-state index < -0.39 is 20.5 Å². The summed E-state index contributed by atoms with van der Waals surface area (Å²) in [7, 11) is -4.50. The van der Waals surface area contributed by atoms with E-state index in [0.717, 1.165) is 0 Å². The normalized spacial score (nSPS) is 13.5. The minimum Gasteiger partial charge on any atom is -0.399 e. The number of carbonyl (C=O) groups is 1. The van der Waals surface area contributed by atoms with Crippen LogP contribution in [0.15, 0.2) is 24.3 Å². The second-order valence-electron chi connectivity index (χ2n) is 2.90. The smallest absolute Gasteiger partial charge is 0.280 e. The second-order valence-corrected chi connectivity index (χ2v) is 4.84. The molecule has 1 atom stereocenters. The molecule has 3 N–H and O–H groups in total. The van der Waals surface area contributed by atoms with E-state index in [9.17, 15) is 13.2 Å². The van der Waals surface area contributed by atoms with E-state index in [0.29, 0.717) is 5.69 Å². The molecule has 15 heavy (non-hydrogen) atoms. The number of thiol groups is 1. The minimum atomic E-state index is -4.50. The molecule has 0 radical (unpaired) electrons. The topological polar surface area (TPSA) is 97.5 Å². The molecule has 0 fully saturated rings. The summed E-state index contributed by atoms with van der Waals surface area (Å²) in [5, 5.41) is -2.61. The van der Waals surface area contributed by atoms with Crippen molar-refractivity contribution in [1.29, 1.82) is 0 Å². The largest absolute Gasteiger partial charge is 0.399 e. The quantitative estimate of drug-likeness (QED) is 0.414. The van der Waals surface area contributed by atoms with Crippen LogP contribution in [-0.4, -0.2) is 18.1 Å². The molecule has 7 heteroatoms. The number of hydrogen-bond acceptors (Lipinski definition) is 4. The maximum absolute atomic E-state index is 11.0. The third kappa shape index (κ3) is 2.95. The highest BCUT2D eigenvalue weighted by Gasteiger charge is 2.30. The van der Waals surface area contributed by atoms with Crippen LogP contribution in [0.4, 0.5) is 5.69 Å². The Morgan fingerprint density at radius 1 is 1.33 bits per heavy atom. The van der Waals surface area contributed by atoms with Crippen LogP contribution in [0.2, 0.25) is 0 Å². The lowest BCUT2D eigenvalue weighted by Gasteiger charge is -2.09. The third-order valence-electron chi connectivity index (χ3n) is 1.76. The molecule has 0 saturated heterocycles. The van der Waals surface area contributed by atoms with Crippen LogP contribution in [0.5, 0.6) is 0 Å². The van der Waals surface area contributed by atoms with Crippen molar-refractivity contribution in [2.45, 2.75) is 5.25 Å². The van der Waals surface area contributed by atoms with Gasteiger partial charge in [-0.05, 0) is 17.7 Å². The van der Waals surface area contributed by atoms with Gasteiger partial charge in [0.2, 0.25) is 5.12 Å². The molecular weight excluding hydrogens is 238 g/mol. The first kappa shape index (κ1) is 12.0. The van der Waals surface area contributed by atoms with E-state index in [1.54, 1.807) is 0 Å². The summed E-state index contributed by atoms with van der Waals surface area (Å²) in [6.45, 7) is 0. The van der Waals surface area contributed by atoms with Crippen molar-refractivity contribution in [3.8, 4) is 0 Å². The molecule has 0 amide bonds. The first-order valence-electron chi connectivity index (χ1n) is 3.87. The third-order valence-corrected chi connectivity index (χ3v) is 3.28. The molecule has 1 aromatic carbocycles. The molecule has 1 aromatic rings. The molecule has 0 bridgehead atoms. The monoisotopic (exact) mass is 247 g/mol. The Morgan fingerprint density at radius 3 is 2.13 bits per heavy atom. The van der Waals surface area contributed by atoms with Crippen molar-refractivity contribution >= 4 is 33.5 Å². The van der Waals surface area contributed by atoms with Gasteiger partial charge in [-0.15, -0.1) is 12.6 Å². The lowest BCUT2D eigenvalue weighted by molar-refractivity contribution is -0.110. The molecule has 1 rings (SSSR count). The zero-order valence-corrected chi connectivity index (χ0v) is 9.20. The van der Waals surface area contributed by atoms with Gasteiger partial charge in [0.25, 0.3) is 10.1 Å². The molecule has 0 aromatic heterocycles. The van der Waals surface area contributed by atoms with Crippen molar-refractivity contribution in [3.63, 3.8) is 0 Å². The molecule has 0 heterocycles. The number of rotatable bonds is 3. The Kier molecular flexibility index (Phi) is 3.38. The van der Waals surface area contributed by atoms with Gasteiger partial charge in [-0.1, -0.05) is 12.1 Å². The number of anilines is 1. The lowest BCUT2D eigenvalue weighted by Crippen LogP contribution is -2.18. The fraction of sp³-hybridized carbons (Fsp3) is 0.125. The summed E-state index contributed by atoms with van der Waals surface area (Å²) in [4.78, 5) is 11.0. The molecule has 0 saturated carbocycles. The number of hydrogen-bond donors (Lipinski definition) is 3. The summed E-state index contributed by atoms with van der Waals surface area (Å²) in [5.74, 6) is 0. The molecule has 0 aliphatic rings. The maximum atomic E-state index is 11.0. The SMILES string of the molecule is Nc1ccc(C(C(=O)S)S(=O)(=O)O)cc1. The van der Waals surface area contributed by atoms with Crippen LogP contribution in [-0.2, 0) is 14.9 Å². The number of nitrogens with two attached hydrogens (primary N) is 1. The van der Waals surface area contributed by atoms with E-state index in [1.807, 2.05) is 0 Å². The Balaban J connectivity index is 3.23. The highest BCUT2D eigenvalue weighted by Crippen LogP contribution is 2.24.